The van der Waals surface area contributed by atoms with Gasteiger partial charge in [-0.15, -0.1) is 0 Å². The van der Waals surface area contributed by atoms with Crippen molar-refractivity contribution < 1.29 is 19.3 Å². The van der Waals surface area contributed by atoms with Gasteiger partial charge in [-0.3, -0.25) is 0 Å². The molecule has 2 aromatic rings. The molecule has 5 nitrogen and oxygen atoms in total. The van der Waals surface area contributed by atoms with Gasteiger partial charge in [0.15, 0.2) is 0 Å². The van der Waals surface area contributed by atoms with Crippen LogP contribution in [0.5, 0.6) is 17.2 Å². The molecule has 1 aliphatic rings. The number of piperidine rings is 1. The van der Waals surface area contributed by atoms with Crippen LogP contribution in [0.25, 0.3) is 0 Å². The van der Waals surface area contributed by atoms with Crippen LogP contribution in [-0.4, -0.2) is 56.6 Å². The number of methoxy groups -OCH3 is 2. The van der Waals surface area contributed by atoms with Crippen LogP contribution in [0, 0.1) is 0 Å². The molecule has 1 N–H and O–H groups in total. The molecule has 0 aromatic heterocycles. The molecule has 0 spiro atoms. The van der Waals surface area contributed by atoms with Crippen molar-refractivity contribution in [2.45, 2.75) is 24.9 Å². The average molecular weight is 371 g/mol. The summed E-state index contributed by atoms with van der Waals surface area (Å²) in [5.74, 6) is 3.03. The lowest BCUT2D eigenvalue weighted by molar-refractivity contribution is 0.0593. The van der Waals surface area contributed by atoms with Gasteiger partial charge in [-0.05, 0) is 67.7 Å². The average Bonchev–Trinajstić information content (AvgIpc) is 2.73. The number of hydrogen-bond donors (Lipinski definition) is 1. The van der Waals surface area contributed by atoms with Gasteiger partial charge in [0.2, 0.25) is 0 Å². The number of rotatable bonds is 8. The predicted molar refractivity (Wildman–Crippen MR) is 106 cm³/mol. The number of nitrogens with zero attached hydrogens (tertiary/aromatic N) is 1. The fraction of sp³-hybridized carbons (Fsp3) is 0.455. The van der Waals surface area contributed by atoms with E-state index >= 15 is 0 Å². The molecule has 3 rings (SSSR count). The first-order valence-corrected chi connectivity index (χ1v) is 9.49. The lowest BCUT2D eigenvalue weighted by Crippen LogP contribution is -2.40. The molecular formula is C22H29NO4. The Morgan fingerprint density at radius 2 is 1.63 bits per heavy atom. The number of hydrogen-bond acceptors (Lipinski definition) is 5. The highest BCUT2D eigenvalue weighted by molar-refractivity contribution is 5.36. The maximum atomic E-state index is 10.3. The Kier molecular flexibility index (Phi) is 6.96. The Morgan fingerprint density at radius 3 is 2.30 bits per heavy atom. The summed E-state index contributed by atoms with van der Waals surface area (Å²) < 4.78 is 16.3. The highest BCUT2D eigenvalue weighted by Crippen LogP contribution is 2.33. The SMILES string of the molecule is COc1ccc(OC[C@@H](O)CN2CCC(c3ccccc3OC)CC2)cc1. The number of ether oxygens (including phenoxy) is 3. The minimum Gasteiger partial charge on any atom is -0.497 e. The second kappa shape index (κ2) is 9.62. The van der Waals surface area contributed by atoms with Crippen LogP contribution in [0.1, 0.15) is 24.3 Å². The third-order valence-corrected chi connectivity index (χ3v) is 5.14. The van der Waals surface area contributed by atoms with E-state index in [9.17, 15) is 5.11 Å². The smallest absolute Gasteiger partial charge is 0.122 e. The molecule has 1 fully saturated rings. The first-order chi connectivity index (χ1) is 13.2. The van der Waals surface area contributed by atoms with Crippen molar-refractivity contribution >= 4 is 0 Å². The van der Waals surface area contributed by atoms with E-state index in [1.54, 1.807) is 14.2 Å². The number of aliphatic hydroxyl groups is 1. The van der Waals surface area contributed by atoms with E-state index in [-0.39, 0.29) is 0 Å². The predicted octanol–water partition coefficient (Wildman–Crippen LogP) is 3.32. The standard InChI is InChI=1S/C22H29NO4/c1-25-19-7-9-20(10-8-19)27-16-18(24)15-23-13-11-17(12-14-23)21-5-3-4-6-22(21)26-2/h3-10,17-18,24H,11-16H2,1-2H3/t18-/m0/s1. The molecule has 1 aliphatic heterocycles. The molecule has 1 saturated heterocycles. The molecule has 5 heteroatoms. The van der Waals surface area contributed by atoms with Gasteiger partial charge in [0.25, 0.3) is 0 Å². The van der Waals surface area contributed by atoms with Crippen molar-refractivity contribution in [3.8, 4) is 17.2 Å². The molecule has 0 radical (unpaired) electrons. The second-order valence-electron chi connectivity index (χ2n) is 6.96. The Balaban J connectivity index is 1.43. The van der Waals surface area contributed by atoms with Gasteiger partial charge >= 0.3 is 0 Å². The van der Waals surface area contributed by atoms with Crippen molar-refractivity contribution in [1.29, 1.82) is 0 Å². The summed E-state index contributed by atoms with van der Waals surface area (Å²) in [4.78, 5) is 2.31. The Labute approximate surface area is 161 Å². The fourth-order valence-electron chi connectivity index (χ4n) is 3.65. The third kappa shape index (κ3) is 5.37. The first-order valence-electron chi connectivity index (χ1n) is 9.49. The molecule has 0 saturated carbocycles. The number of aliphatic hydroxyl groups excluding tert-OH is 1. The monoisotopic (exact) mass is 371 g/mol. The third-order valence-electron chi connectivity index (χ3n) is 5.14. The number of para-hydroxylation sites is 1. The largest absolute Gasteiger partial charge is 0.497 e. The Hall–Kier alpha value is -2.24. The topological polar surface area (TPSA) is 51.2 Å². The zero-order valence-electron chi connectivity index (χ0n) is 16.1. The van der Waals surface area contributed by atoms with Crippen LogP contribution in [-0.2, 0) is 0 Å². The van der Waals surface area contributed by atoms with Gasteiger partial charge in [0, 0.05) is 6.54 Å². The Morgan fingerprint density at radius 1 is 0.963 bits per heavy atom. The van der Waals surface area contributed by atoms with E-state index in [0.717, 1.165) is 43.2 Å². The van der Waals surface area contributed by atoms with E-state index < -0.39 is 6.10 Å². The summed E-state index contributed by atoms with van der Waals surface area (Å²) in [7, 11) is 3.36. The summed E-state index contributed by atoms with van der Waals surface area (Å²) in [5, 5.41) is 10.3. The molecule has 2 aromatic carbocycles. The molecule has 146 valence electrons. The van der Waals surface area contributed by atoms with Gasteiger partial charge in [0.05, 0.1) is 14.2 Å². The van der Waals surface area contributed by atoms with Crippen LogP contribution in [0.4, 0.5) is 0 Å². The van der Waals surface area contributed by atoms with Gasteiger partial charge < -0.3 is 24.2 Å². The molecule has 27 heavy (non-hydrogen) atoms. The van der Waals surface area contributed by atoms with Crippen molar-refractivity contribution in [1.82, 2.24) is 4.90 Å². The fourth-order valence-corrected chi connectivity index (χ4v) is 3.65. The van der Waals surface area contributed by atoms with E-state index in [0.29, 0.717) is 19.1 Å². The molecule has 0 bridgehead atoms. The van der Waals surface area contributed by atoms with Crippen LogP contribution >= 0.6 is 0 Å². The molecular weight excluding hydrogens is 342 g/mol. The zero-order chi connectivity index (χ0) is 19.1. The van der Waals surface area contributed by atoms with Gasteiger partial charge in [0.1, 0.15) is 30.0 Å². The molecule has 1 heterocycles. The number of likely N-dealkylation sites (tertiary alicyclic amines) is 1. The van der Waals surface area contributed by atoms with Crippen LogP contribution in [0.2, 0.25) is 0 Å². The quantitative estimate of drug-likeness (QED) is 0.771. The van der Waals surface area contributed by atoms with Crippen molar-refractivity contribution in [2.24, 2.45) is 0 Å². The number of β-amino-alcohol motifs (C(OH)–C–C–N with tert-alkyl or cyclic N) is 1. The summed E-state index contributed by atoms with van der Waals surface area (Å²) in [6.45, 7) is 2.87. The normalized spacial score (nSPS) is 16.7. The lowest BCUT2D eigenvalue weighted by atomic mass is 9.88. The number of benzene rings is 2. The maximum absolute atomic E-state index is 10.3. The second-order valence-corrected chi connectivity index (χ2v) is 6.96. The van der Waals surface area contributed by atoms with Crippen LogP contribution in [0.15, 0.2) is 48.5 Å². The summed E-state index contributed by atoms with van der Waals surface area (Å²) in [6.07, 6.45) is 1.65. The maximum Gasteiger partial charge on any atom is 0.122 e. The summed E-state index contributed by atoms with van der Waals surface area (Å²) >= 11 is 0. The Bertz CT molecular complexity index is 696. The highest BCUT2D eigenvalue weighted by atomic mass is 16.5. The minimum atomic E-state index is -0.505. The summed E-state index contributed by atoms with van der Waals surface area (Å²) in [5.41, 5.74) is 1.29. The first kappa shape index (κ1) is 19.5. The molecule has 0 amide bonds. The van der Waals surface area contributed by atoms with Gasteiger partial charge in [-0.1, -0.05) is 18.2 Å². The van der Waals surface area contributed by atoms with E-state index in [1.807, 2.05) is 36.4 Å². The van der Waals surface area contributed by atoms with Gasteiger partial charge in [-0.25, -0.2) is 0 Å². The lowest BCUT2D eigenvalue weighted by Gasteiger charge is -2.33. The minimum absolute atomic E-state index is 0.290. The van der Waals surface area contributed by atoms with E-state index in [1.165, 1.54) is 5.56 Å². The zero-order valence-corrected chi connectivity index (χ0v) is 16.1. The van der Waals surface area contributed by atoms with Crippen LogP contribution < -0.4 is 14.2 Å². The summed E-state index contributed by atoms with van der Waals surface area (Å²) in [6, 6.07) is 15.7. The van der Waals surface area contributed by atoms with Crippen LogP contribution in [0.3, 0.4) is 0 Å². The molecule has 0 unspecified atom stereocenters. The molecule has 1 atom stereocenters. The van der Waals surface area contributed by atoms with Crippen molar-refractivity contribution in [3.63, 3.8) is 0 Å². The van der Waals surface area contributed by atoms with Gasteiger partial charge in [-0.2, -0.15) is 0 Å². The highest BCUT2D eigenvalue weighted by Gasteiger charge is 2.24. The van der Waals surface area contributed by atoms with Crippen molar-refractivity contribution in [3.05, 3.63) is 54.1 Å². The molecule has 0 aliphatic carbocycles. The van der Waals surface area contributed by atoms with Crippen molar-refractivity contribution in [2.75, 3.05) is 40.5 Å². The van der Waals surface area contributed by atoms with E-state index in [2.05, 4.69) is 17.0 Å². The van der Waals surface area contributed by atoms with E-state index in [4.69, 9.17) is 14.2 Å².